The van der Waals surface area contributed by atoms with Gasteiger partial charge in [-0.2, -0.15) is 0 Å². The molecule has 4 rings (SSSR count). The second kappa shape index (κ2) is 10.8. The lowest BCUT2D eigenvalue weighted by atomic mass is 9.84. The van der Waals surface area contributed by atoms with Gasteiger partial charge in [-0.3, -0.25) is 20.2 Å². The number of carbonyl (C=O) groups is 3. The van der Waals surface area contributed by atoms with Crippen LogP contribution in [0.3, 0.4) is 0 Å². The van der Waals surface area contributed by atoms with Gasteiger partial charge in [-0.15, -0.1) is 23.5 Å². The van der Waals surface area contributed by atoms with Crippen molar-refractivity contribution in [2.75, 3.05) is 6.61 Å². The molecule has 2 aliphatic heterocycles. The van der Waals surface area contributed by atoms with E-state index in [9.17, 15) is 14.4 Å². The number of alkyl carbamates (subject to hydrolysis) is 1. The third-order valence-electron chi connectivity index (χ3n) is 7.09. The maximum atomic E-state index is 13.1. The van der Waals surface area contributed by atoms with Crippen LogP contribution in [0.15, 0.2) is 0 Å². The van der Waals surface area contributed by atoms with E-state index in [-0.39, 0.29) is 29.2 Å². The molecule has 7 nitrogen and oxygen atoms in total. The summed E-state index contributed by atoms with van der Waals surface area (Å²) in [5, 5.41) is 9.33. The van der Waals surface area contributed by atoms with Crippen LogP contribution in [-0.2, 0) is 14.3 Å². The van der Waals surface area contributed by atoms with E-state index in [1.807, 2.05) is 0 Å². The molecule has 174 valence electrons. The summed E-state index contributed by atoms with van der Waals surface area (Å²) < 4.78 is 4.89. The average Bonchev–Trinajstić information content (AvgIpc) is 3.39. The van der Waals surface area contributed by atoms with Gasteiger partial charge in [-0.05, 0) is 44.9 Å². The number of rotatable bonds is 5. The molecule has 2 aliphatic carbocycles. The summed E-state index contributed by atoms with van der Waals surface area (Å²) >= 11 is 3.46. The minimum Gasteiger partial charge on any atom is -0.450 e. The van der Waals surface area contributed by atoms with Gasteiger partial charge in [0.15, 0.2) is 0 Å². The molecule has 3 amide bonds. The molecule has 9 heteroatoms. The zero-order valence-electron chi connectivity index (χ0n) is 18.3. The number of imide groups is 1. The maximum absolute atomic E-state index is 13.1. The van der Waals surface area contributed by atoms with Gasteiger partial charge in [0.1, 0.15) is 5.37 Å². The molecule has 0 bridgehead atoms. The minimum atomic E-state index is -0.708. The Labute approximate surface area is 193 Å². The first-order valence-corrected chi connectivity index (χ1v) is 13.8. The molecule has 0 radical (unpaired) electrons. The highest BCUT2D eigenvalue weighted by atomic mass is 32.2. The predicted molar refractivity (Wildman–Crippen MR) is 124 cm³/mol. The number of nitrogens with one attached hydrogen (secondary N) is 3. The van der Waals surface area contributed by atoms with Crippen molar-refractivity contribution >= 4 is 41.4 Å². The maximum Gasteiger partial charge on any atom is 0.413 e. The normalized spacial score (nSPS) is 35.9. The second-order valence-electron chi connectivity index (χ2n) is 9.17. The van der Waals surface area contributed by atoms with Crippen LogP contribution in [0.4, 0.5) is 4.79 Å². The number of hydrogen-bond donors (Lipinski definition) is 3. The van der Waals surface area contributed by atoms with Gasteiger partial charge in [0, 0.05) is 16.5 Å². The molecule has 0 aromatic heterocycles. The van der Waals surface area contributed by atoms with E-state index in [4.69, 9.17) is 4.74 Å². The van der Waals surface area contributed by atoms with Gasteiger partial charge in [0.05, 0.1) is 17.9 Å². The molecule has 6 atom stereocenters. The van der Waals surface area contributed by atoms with E-state index in [1.54, 1.807) is 30.4 Å². The highest BCUT2D eigenvalue weighted by Crippen LogP contribution is 2.45. The van der Waals surface area contributed by atoms with Crippen molar-refractivity contribution in [1.82, 2.24) is 16.0 Å². The van der Waals surface area contributed by atoms with Gasteiger partial charge in [0.2, 0.25) is 11.8 Å². The van der Waals surface area contributed by atoms with E-state index in [2.05, 4.69) is 16.0 Å². The number of ether oxygens (including phenoxy) is 1. The quantitative estimate of drug-likeness (QED) is 0.568. The van der Waals surface area contributed by atoms with Crippen LogP contribution < -0.4 is 16.0 Å². The standard InChI is InChI=1S/C22H35N3O4S2/c1-2-29-22(28)25-18(26)14-12-17(13-8-4-3-5-9-13)31-20(14)24-19(27)21-23-15-10-6-7-11-16(15)30-21/h13-17,20-21,23H,2-12H2,1H3,(H,24,27)(H,25,26,28). The Hall–Kier alpha value is -0.930. The summed E-state index contributed by atoms with van der Waals surface area (Å²) in [7, 11) is 0. The Bertz CT molecular complexity index is 659. The van der Waals surface area contributed by atoms with Crippen LogP contribution in [0.1, 0.15) is 71.1 Å². The van der Waals surface area contributed by atoms with Crippen LogP contribution in [0, 0.1) is 11.8 Å². The Morgan fingerprint density at radius 3 is 2.42 bits per heavy atom. The monoisotopic (exact) mass is 469 g/mol. The molecule has 4 fully saturated rings. The Morgan fingerprint density at radius 1 is 0.935 bits per heavy atom. The number of hydrogen-bond acceptors (Lipinski definition) is 7. The fraction of sp³-hybridized carbons (Fsp3) is 0.864. The largest absolute Gasteiger partial charge is 0.450 e. The van der Waals surface area contributed by atoms with Crippen molar-refractivity contribution in [2.45, 2.75) is 98.4 Å². The first-order valence-electron chi connectivity index (χ1n) is 11.9. The number of thioether (sulfide) groups is 2. The summed E-state index contributed by atoms with van der Waals surface area (Å²) in [6, 6.07) is 0.420. The van der Waals surface area contributed by atoms with Gasteiger partial charge in [0.25, 0.3) is 0 Å². The third-order valence-corrected chi connectivity index (χ3v) is 10.3. The Kier molecular flexibility index (Phi) is 8.09. The Balaban J connectivity index is 1.39. The van der Waals surface area contributed by atoms with Crippen LogP contribution >= 0.6 is 23.5 Å². The summed E-state index contributed by atoms with van der Waals surface area (Å²) in [6.45, 7) is 1.93. The number of carbonyl (C=O) groups excluding carboxylic acids is 3. The topological polar surface area (TPSA) is 96.5 Å². The van der Waals surface area contributed by atoms with Gasteiger partial charge in [-0.1, -0.05) is 32.1 Å². The summed E-state index contributed by atoms with van der Waals surface area (Å²) in [5.74, 6) is -0.204. The van der Waals surface area contributed by atoms with Crippen molar-refractivity contribution in [3.8, 4) is 0 Å². The third kappa shape index (κ3) is 5.71. The molecule has 2 saturated carbocycles. The van der Waals surface area contributed by atoms with Crippen molar-refractivity contribution in [3.05, 3.63) is 0 Å². The summed E-state index contributed by atoms with van der Waals surface area (Å²) in [6.07, 6.45) is 10.9. The molecule has 2 heterocycles. The lowest BCUT2D eigenvalue weighted by Crippen LogP contribution is -2.49. The van der Waals surface area contributed by atoms with E-state index >= 15 is 0 Å². The molecule has 2 saturated heterocycles. The zero-order chi connectivity index (χ0) is 21.8. The smallest absolute Gasteiger partial charge is 0.413 e. The van der Waals surface area contributed by atoms with E-state index in [0.29, 0.717) is 28.9 Å². The van der Waals surface area contributed by atoms with E-state index < -0.39 is 12.0 Å². The molecule has 3 N–H and O–H groups in total. The molecule has 0 aromatic carbocycles. The molecule has 0 aromatic rings. The number of fused-ring (bicyclic) bond motifs is 1. The van der Waals surface area contributed by atoms with Crippen molar-refractivity contribution < 1.29 is 19.1 Å². The van der Waals surface area contributed by atoms with Gasteiger partial charge < -0.3 is 10.1 Å². The highest BCUT2D eigenvalue weighted by Gasteiger charge is 2.46. The average molecular weight is 470 g/mol. The predicted octanol–water partition coefficient (Wildman–Crippen LogP) is 3.38. The van der Waals surface area contributed by atoms with Crippen LogP contribution in [-0.4, -0.2) is 51.8 Å². The van der Waals surface area contributed by atoms with Crippen LogP contribution in [0.5, 0.6) is 0 Å². The second-order valence-corrected chi connectivity index (χ2v) is 11.9. The SMILES string of the molecule is CCOC(=O)NC(=O)C1CC(C2CCCCC2)SC1NC(=O)C1NC2CCCCC2S1. The lowest BCUT2D eigenvalue weighted by Gasteiger charge is -2.27. The molecule has 31 heavy (non-hydrogen) atoms. The first kappa shape index (κ1) is 23.2. The molecular formula is C22H35N3O4S2. The van der Waals surface area contributed by atoms with E-state index in [0.717, 1.165) is 6.42 Å². The Morgan fingerprint density at radius 2 is 1.68 bits per heavy atom. The van der Waals surface area contributed by atoms with Gasteiger partial charge >= 0.3 is 6.09 Å². The van der Waals surface area contributed by atoms with Crippen molar-refractivity contribution in [3.63, 3.8) is 0 Å². The van der Waals surface area contributed by atoms with Crippen molar-refractivity contribution in [1.29, 1.82) is 0 Å². The fourth-order valence-electron chi connectivity index (χ4n) is 5.47. The number of amides is 3. The van der Waals surface area contributed by atoms with Gasteiger partial charge in [-0.25, -0.2) is 4.79 Å². The van der Waals surface area contributed by atoms with Crippen LogP contribution in [0.2, 0.25) is 0 Å². The molecule has 0 spiro atoms. The molecule has 6 unspecified atom stereocenters. The minimum absolute atomic E-state index is 0.0323. The lowest BCUT2D eigenvalue weighted by molar-refractivity contribution is -0.125. The zero-order valence-corrected chi connectivity index (χ0v) is 19.9. The molecular weight excluding hydrogens is 434 g/mol. The summed E-state index contributed by atoms with van der Waals surface area (Å²) in [4.78, 5) is 37.8. The van der Waals surface area contributed by atoms with E-state index in [1.165, 1.54) is 51.4 Å². The van der Waals surface area contributed by atoms with Crippen LogP contribution in [0.25, 0.3) is 0 Å². The van der Waals surface area contributed by atoms with Crippen molar-refractivity contribution in [2.24, 2.45) is 11.8 Å². The fourth-order valence-corrected chi connectivity index (χ4v) is 8.77. The highest BCUT2D eigenvalue weighted by molar-refractivity contribution is 8.01. The molecule has 4 aliphatic rings. The summed E-state index contributed by atoms with van der Waals surface area (Å²) in [5.41, 5.74) is 0. The first-order chi connectivity index (χ1) is 15.0.